The fourth-order valence-corrected chi connectivity index (χ4v) is 5.45. The van der Waals surface area contributed by atoms with E-state index in [1.54, 1.807) is 0 Å². The van der Waals surface area contributed by atoms with Crippen LogP contribution in [-0.2, 0) is 10.8 Å². The van der Waals surface area contributed by atoms with Crippen LogP contribution in [0.1, 0.15) is 31.9 Å². The van der Waals surface area contributed by atoms with Gasteiger partial charge in [0.2, 0.25) is 8.32 Å². The Morgan fingerprint density at radius 3 is 1.87 bits per heavy atom. The van der Waals surface area contributed by atoms with E-state index in [1.807, 2.05) is 0 Å². The fourth-order valence-electron chi connectivity index (χ4n) is 2.85. The Balaban J connectivity index is 2.29. The Morgan fingerprint density at radius 2 is 1.35 bits per heavy atom. The maximum Gasteiger partial charge on any atom is 0.250 e. The van der Waals surface area contributed by atoms with Crippen molar-refractivity contribution in [3.05, 3.63) is 77.9 Å². The van der Waals surface area contributed by atoms with Gasteiger partial charge in [0.1, 0.15) is 5.76 Å². The molecular formula is C21H28OSi. The Kier molecular flexibility index (Phi) is 6.66. The average molecular weight is 325 g/mol. The van der Waals surface area contributed by atoms with Gasteiger partial charge in [0, 0.05) is 5.56 Å². The molecule has 0 aromatic heterocycles. The van der Waals surface area contributed by atoms with Gasteiger partial charge < -0.3 is 4.43 Å². The van der Waals surface area contributed by atoms with E-state index < -0.39 is 8.32 Å². The molecular weight excluding hydrogens is 296 g/mol. The lowest BCUT2D eigenvalue weighted by Crippen LogP contribution is -2.35. The summed E-state index contributed by atoms with van der Waals surface area (Å²) in [7, 11) is -1.67. The lowest BCUT2D eigenvalue weighted by Gasteiger charge is -2.30. The summed E-state index contributed by atoms with van der Waals surface area (Å²) in [4.78, 5) is 0. The first-order valence-corrected chi connectivity index (χ1v) is 11.2. The van der Waals surface area contributed by atoms with Crippen molar-refractivity contribution in [3.8, 4) is 0 Å². The van der Waals surface area contributed by atoms with Crippen LogP contribution in [0.25, 0.3) is 5.76 Å². The summed E-state index contributed by atoms with van der Waals surface area (Å²) >= 11 is 0. The predicted molar refractivity (Wildman–Crippen MR) is 103 cm³/mol. The highest BCUT2D eigenvalue weighted by Gasteiger charge is 2.31. The van der Waals surface area contributed by atoms with Gasteiger partial charge in [-0.05, 0) is 36.2 Å². The zero-order valence-electron chi connectivity index (χ0n) is 14.6. The Hall–Kier alpha value is -1.80. The summed E-state index contributed by atoms with van der Waals surface area (Å²) in [6, 6.07) is 24.6. The number of allylic oxidation sites excluding steroid dienone is 1. The molecule has 0 aliphatic rings. The van der Waals surface area contributed by atoms with E-state index in [2.05, 4.69) is 87.5 Å². The van der Waals surface area contributed by atoms with Crippen LogP contribution in [0.15, 0.2) is 66.7 Å². The van der Waals surface area contributed by atoms with Crippen molar-refractivity contribution in [1.82, 2.24) is 0 Å². The van der Waals surface area contributed by atoms with Crippen molar-refractivity contribution in [2.75, 3.05) is 0 Å². The van der Waals surface area contributed by atoms with Gasteiger partial charge in [-0.15, -0.1) is 0 Å². The maximum atomic E-state index is 6.69. The van der Waals surface area contributed by atoms with Crippen LogP contribution in [0, 0.1) is 0 Å². The minimum atomic E-state index is -1.67. The zero-order chi connectivity index (χ0) is 16.5. The smallest absolute Gasteiger partial charge is 0.250 e. The van der Waals surface area contributed by atoms with Gasteiger partial charge in [-0.25, -0.2) is 0 Å². The molecule has 2 heteroatoms. The zero-order valence-corrected chi connectivity index (χ0v) is 15.6. The maximum absolute atomic E-state index is 6.69. The summed E-state index contributed by atoms with van der Waals surface area (Å²) in [5.74, 6) is 1.06. The summed E-state index contributed by atoms with van der Waals surface area (Å²) in [6.45, 7) is 6.83. The van der Waals surface area contributed by atoms with E-state index >= 15 is 0 Å². The molecule has 0 unspecified atom stereocenters. The van der Waals surface area contributed by atoms with Gasteiger partial charge >= 0.3 is 0 Å². The molecule has 2 aromatic carbocycles. The highest BCUT2D eigenvalue weighted by atomic mass is 28.4. The van der Waals surface area contributed by atoms with Gasteiger partial charge in [0.15, 0.2) is 0 Å². The molecule has 0 bridgehead atoms. The van der Waals surface area contributed by atoms with Gasteiger partial charge in [0.05, 0.1) is 0 Å². The van der Waals surface area contributed by atoms with Gasteiger partial charge in [-0.1, -0.05) is 81.4 Å². The first-order chi connectivity index (χ1) is 11.2. The SMILES string of the molecule is CC[Si](CC)(CC)O/C(=C/Cc1ccccc1)c1ccccc1. The van der Waals surface area contributed by atoms with Crippen LogP contribution < -0.4 is 0 Å². The lowest BCUT2D eigenvalue weighted by molar-refractivity contribution is 0.489. The van der Waals surface area contributed by atoms with Crippen LogP contribution in [0.5, 0.6) is 0 Å². The number of rotatable bonds is 8. The minimum Gasteiger partial charge on any atom is -0.543 e. The fraction of sp³-hybridized carbons (Fsp3) is 0.333. The molecule has 0 fully saturated rings. The monoisotopic (exact) mass is 324 g/mol. The molecule has 2 aromatic rings. The predicted octanol–water partition coefficient (Wildman–Crippen LogP) is 6.29. The average Bonchev–Trinajstić information content (AvgIpc) is 2.64. The van der Waals surface area contributed by atoms with Crippen LogP contribution >= 0.6 is 0 Å². The number of hydrogen-bond donors (Lipinski definition) is 0. The van der Waals surface area contributed by atoms with Crippen molar-refractivity contribution in [2.45, 2.75) is 45.3 Å². The third kappa shape index (κ3) is 4.83. The molecule has 0 radical (unpaired) electrons. The molecule has 122 valence electrons. The van der Waals surface area contributed by atoms with Crippen LogP contribution in [0.3, 0.4) is 0 Å². The first-order valence-electron chi connectivity index (χ1n) is 8.71. The second-order valence-electron chi connectivity index (χ2n) is 5.97. The van der Waals surface area contributed by atoms with E-state index in [0.29, 0.717) is 0 Å². The van der Waals surface area contributed by atoms with Gasteiger partial charge in [0.25, 0.3) is 0 Å². The standard InChI is InChI=1S/C21H28OSi/c1-4-23(5-2,6-3)22-21(20-15-11-8-12-16-20)18-17-19-13-9-7-10-14-19/h7-16,18H,4-6,17H2,1-3H3/b21-18+. The van der Waals surface area contributed by atoms with Crippen molar-refractivity contribution in [2.24, 2.45) is 0 Å². The highest BCUT2D eigenvalue weighted by Crippen LogP contribution is 2.29. The Labute approximate surface area is 142 Å². The van der Waals surface area contributed by atoms with Crippen molar-refractivity contribution in [1.29, 1.82) is 0 Å². The molecule has 0 amide bonds. The topological polar surface area (TPSA) is 9.23 Å². The lowest BCUT2D eigenvalue weighted by atomic mass is 10.1. The molecule has 1 nitrogen and oxygen atoms in total. The second-order valence-corrected chi connectivity index (χ2v) is 10.7. The molecule has 0 aliphatic heterocycles. The summed E-state index contributed by atoms with van der Waals surface area (Å²) < 4.78 is 6.69. The molecule has 0 N–H and O–H groups in total. The summed E-state index contributed by atoms with van der Waals surface area (Å²) in [6.07, 6.45) is 3.17. The number of benzene rings is 2. The van der Waals surface area contributed by atoms with E-state index in [1.165, 1.54) is 11.1 Å². The summed E-state index contributed by atoms with van der Waals surface area (Å²) in [5, 5.41) is 0. The molecule has 0 saturated heterocycles. The normalized spacial score (nSPS) is 12.2. The molecule has 23 heavy (non-hydrogen) atoms. The van der Waals surface area contributed by atoms with E-state index in [9.17, 15) is 0 Å². The molecule has 0 heterocycles. The number of hydrogen-bond acceptors (Lipinski definition) is 1. The quantitative estimate of drug-likeness (QED) is 0.409. The van der Waals surface area contributed by atoms with Crippen LogP contribution in [-0.4, -0.2) is 8.32 Å². The molecule has 0 spiro atoms. The third-order valence-electron chi connectivity index (χ3n) is 4.68. The third-order valence-corrected chi connectivity index (χ3v) is 9.20. The Bertz CT molecular complexity index is 592. The molecule has 0 saturated carbocycles. The van der Waals surface area contributed by atoms with E-state index in [0.717, 1.165) is 30.3 Å². The summed E-state index contributed by atoms with van der Waals surface area (Å²) in [5.41, 5.74) is 2.51. The van der Waals surface area contributed by atoms with Crippen LogP contribution in [0.4, 0.5) is 0 Å². The van der Waals surface area contributed by atoms with E-state index in [4.69, 9.17) is 4.43 Å². The van der Waals surface area contributed by atoms with Crippen molar-refractivity contribution < 1.29 is 4.43 Å². The molecule has 0 atom stereocenters. The van der Waals surface area contributed by atoms with E-state index in [-0.39, 0.29) is 0 Å². The van der Waals surface area contributed by atoms with Crippen molar-refractivity contribution in [3.63, 3.8) is 0 Å². The first kappa shape index (κ1) is 17.5. The molecule has 0 aliphatic carbocycles. The van der Waals surface area contributed by atoms with Gasteiger partial charge in [-0.3, -0.25) is 0 Å². The second kappa shape index (κ2) is 8.73. The largest absolute Gasteiger partial charge is 0.543 e. The Morgan fingerprint density at radius 1 is 0.826 bits per heavy atom. The van der Waals surface area contributed by atoms with Crippen LogP contribution in [0.2, 0.25) is 18.1 Å². The molecule has 2 rings (SSSR count). The van der Waals surface area contributed by atoms with Gasteiger partial charge in [-0.2, -0.15) is 0 Å². The van der Waals surface area contributed by atoms with Crippen molar-refractivity contribution >= 4 is 14.1 Å². The minimum absolute atomic E-state index is 0.909. The highest BCUT2D eigenvalue weighted by molar-refractivity contribution is 6.74.